The third kappa shape index (κ3) is 3.88. The maximum atomic E-state index is 13.3. The molecule has 0 radical (unpaired) electrons. The van der Waals surface area contributed by atoms with Gasteiger partial charge in [-0.15, -0.1) is 0 Å². The Morgan fingerprint density at radius 3 is 2.44 bits per heavy atom. The van der Waals surface area contributed by atoms with E-state index in [2.05, 4.69) is 0 Å². The molecule has 34 heavy (non-hydrogen) atoms. The van der Waals surface area contributed by atoms with Gasteiger partial charge in [-0.25, -0.2) is 0 Å². The Bertz CT molecular complexity index is 1310. The van der Waals surface area contributed by atoms with Crippen LogP contribution in [0, 0.1) is 13.8 Å². The molecule has 0 spiro atoms. The first kappa shape index (κ1) is 23.6. The summed E-state index contributed by atoms with van der Waals surface area (Å²) < 4.78 is 11.1. The molecule has 2 aromatic carbocycles. The molecule has 7 heteroatoms. The first-order valence-corrected chi connectivity index (χ1v) is 11.3. The molecule has 1 fully saturated rings. The average molecular weight is 480 g/mol. The first-order chi connectivity index (χ1) is 16.1. The van der Waals surface area contributed by atoms with Crippen molar-refractivity contribution in [3.05, 3.63) is 87.3 Å². The standard InChI is InChI=1S/C27H26ClNO5/c1-14(2)18-13-19(15(3)12-22(18)33-5)25(30)23-24(21-7-6-10-34-21)29(27(32)26(23)31)20-9-8-17(28)11-16(20)4/h6-14,24,30H,1-5H3/b25-23+. The van der Waals surface area contributed by atoms with Crippen molar-refractivity contribution < 1.29 is 23.8 Å². The second kappa shape index (κ2) is 9.03. The highest BCUT2D eigenvalue weighted by Gasteiger charge is 2.48. The fourth-order valence-electron chi connectivity index (χ4n) is 4.41. The molecule has 2 heterocycles. The number of methoxy groups -OCH3 is 1. The highest BCUT2D eigenvalue weighted by Crippen LogP contribution is 2.44. The summed E-state index contributed by atoms with van der Waals surface area (Å²) in [5, 5.41) is 12.0. The zero-order chi connectivity index (χ0) is 24.7. The van der Waals surface area contributed by atoms with E-state index in [1.165, 1.54) is 11.2 Å². The normalized spacial score (nSPS) is 17.6. The van der Waals surface area contributed by atoms with Crippen LogP contribution in [0.5, 0.6) is 5.75 Å². The van der Waals surface area contributed by atoms with Crippen LogP contribution >= 0.6 is 11.6 Å². The summed E-state index contributed by atoms with van der Waals surface area (Å²) in [5.74, 6) is -0.606. The quantitative estimate of drug-likeness (QED) is 0.263. The van der Waals surface area contributed by atoms with Crippen molar-refractivity contribution in [3.8, 4) is 5.75 Å². The molecule has 0 saturated carbocycles. The van der Waals surface area contributed by atoms with Crippen LogP contribution in [-0.4, -0.2) is 23.9 Å². The van der Waals surface area contributed by atoms with Crippen LogP contribution in [0.1, 0.15) is 53.8 Å². The lowest BCUT2D eigenvalue weighted by atomic mass is 9.92. The fraction of sp³-hybridized carbons (Fsp3) is 0.259. The molecular formula is C27H26ClNO5. The second-order valence-electron chi connectivity index (χ2n) is 8.68. The lowest BCUT2D eigenvalue weighted by Crippen LogP contribution is -2.29. The van der Waals surface area contributed by atoms with Gasteiger partial charge in [0.2, 0.25) is 0 Å². The van der Waals surface area contributed by atoms with Gasteiger partial charge in [0.05, 0.1) is 18.9 Å². The van der Waals surface area contributed by atoms with Crippen LogP contribution in [0.2, 0.25) is 5.02 Å². The number of anilines is 1. The van der Waals surface area contributed by atoms with Crippen LogP contribution in [0.3, 0.4) is 0 Å². The van der Waals surface area contributed by atoms with Gasteiger partial charge in [0, 0.05) is 16.3 Å². The maximum Gasteiger partial charge on any atom is 0.300 e. The van der Waals surface area contributed by atoms with Gasteiger partial charge in [-0.2, -0.15) is 0 Å². The molecule has 1 aliphatic rings. The molecule has 1 aromatic heterocycles. The molecule has 176 valence electrons. The van der Waals surface area contributed by atoms with Crippen LogP contribution < -0.4 is 9.64 Å². The van der Waals surface area contributed by atoms with Gasteiger partial charge in [-0.3, -0.25) is 14.5 Å². The zero-order valence-corrected chi connectivity index (χ0v) is 20.4. The Morgan fingerprint density at radius 2 is 1.85 bits per heavy atom. The third-order valence-electron chi connectivity index (χ3n) is 6.13. The predicted molar refractivity (Wildman–Crippen MR) is 131 cm³/mol. The van der Waals surface area contributed by atoms with Crippen molar-refractivity contribution in [1.29, 1.82) is 0 Å². The summed E-state index contributed by atoms with van der Waals surface area (Å²) in [7, 11) is 1.59. The Morgan fingerprint density at radius 1 is 1.12 bits per heavy atom. The Hall–Kier alpha value is -3.51. The van der Waals surface area contributed by atoms with Gasteiger partial charge in [0.1, 0.15) is 23.3 Å². The van der Waals surface area contributed by atoms with E-state index in [0.29, 0.717) is 38.9 Å². The molecule has 6 nitrogen and oxygen atoms in total. The number of aliphatic hydroxyl groups is 1. The summed E-state index contributed by atoms with van der Waals surface area (Å²) in [6, 6.07) is 11.1. The van der Waals surface area contributed by atoms with E-state index in [0.717, 1.165) is 5.56 Å². The number of nitrogens with zero attached hydrogens (tertiary/aromatic N) is 1. The van der Waals surface area contributed by atoms with E-state index in [9.17, 15) is 14.7 Å². The number of furan rings is 1. The van der Waals surface area contributed by atoms with Crippen molar-refractivity contribution in [3.63, 3.8) is 0 Å². The number of Topliss-reactive ketones (excluding diaryl/α,β-unsaturated/α-hetero) is 1. The molecule has 1 amide bonds. The van der Waals surface area contributed by atoms with E-state index < -0.39 is 17.7 Å². The Labute approximate surface area is 203 Å². The number of hydrogen-bond donors (Lipinski definition) is 1. The number of ether oxygens (including phenoxy) is 1. The number of halogens is 1. The minimum Gasteiger partial charge on any atom is -0.507 e. The topological polar surface area (TPSA) is 80.0 Å². The van der Waals surface area contributed by atoms with Gasteiger partial charge in [0.25, 0.3) is 11.7 Å². The highest BCUT2D eigenvalue weighted by atomic mass is 35.5. The van der Waals surface area contributed by atoms with Gasteiger partial charge in [-0.05, 0) is 78.9 Å². The van der Waals surface area contributed by atoms with Gasteiger partial charge >= 0.3 is 0 Å². The molecule has 1 unspecified atom stereocenters. The molecule has 1 aliphatic heterocycles. The monoisotopic (exact) mass is 479 g/mol. The lowest BCUT2D eigenvalue weighted by molar-refractivity contribution is -0.132. The van der Waals surface area contributed by atoms with Crippen LogP contribution in [-0.2, 0) is 9.59 Å². The Kier molecular flexibility index (Phi) is 6.28. The number of hydrogen-bond acceptors (Lipinski definition) is 5. The molecule has 0 aliphatic carbocycles. The van der Waals surface area contributed by atoms with Crippen molar-refractivity contribution in [1.82, 2.24) is 0 Å². The summed E-state index contributed by atoms with van der Waals surface area (Å²) in [5.41, 5.74) is 3.26. The van der Waals surface area contributed by atoms with E-state index in [1.54, 1.807) is 37.4 Å². The molecule has 1 N–H and O–H groups in total. The smallest absolute Gasteiger partial charge is 0.300 e. The van der Waals surface area contributed by atoms with Crippen molar-refractivity contribution >= 4 is 34.7 Å². The minimum absolute atomic E-state index is 0.0303. The Balaban J connectivity index is 1.97. The molecule has 4 rings (SSSR count). The van der Waals surface area contributed by atoms with Gasteiger partial charge in [0.15, 0.2) is 0 Å². The fourth-order valence-corrected chi connectivity index (χ4v) is 4.64. The van der Waals surface area contributed by atoms with E-state index in [4.69, 9.17) is 20.8 Å². The first-order valence-electron chi connectivity index (χ1n) is 10.9. The largest absolute Gasteiger partial charge is 0.507 e. The zero-order valence-electron chi connectivity index (χ0n) is 19.7. The molecule has 0 bridgehead atoms. The van der Waals surface area contributed by atoms with E-state index in [1.807, 2.05) is 39.8 Å². The highest BCUT2D eigenvalue weighted by molar-refractivity contribution is 6.51. The summed E-state index contributed by atoms with van der Waals surface area (Å²) >= 11 is 6.12. The number of benzene rings is 2. The van der Waals surface area contributed by atoms with Crippen molar-refractivity contribution in [2.45, 2.75) is 39.7 Å². The van der Waals surface area contributed by atoms with E-state index >= 15 is 0 Å². The number of carbonyl (C=O) groups is 2. The number of ketones is 1. The minimum atomic E-state index is -0.932. The van der Waals surface area contributed by atoms with Crippen molar-refractivity contribution in [2.75, 3.05) is 12.0 Å². The summed E-state index contributed by atoms with van der Waals surface area (Å²) in [6.07, 6.45) is 1.47. The van der Waals surface area contributed by atoms with E-state index in [-0.39, 0.29) is 17.3 Å². The number of rotatable bonds is 5. The summed E-state index contributed by atoms with van der Waals surface area (Å²) in [6.45, 7) is 7.66. The van der Waals surface area contributed by atoms with Gasteiger partial charge in [-0.1, -0.05) is 25.4 Å². The van der Waals surface area contributed by atoms with Crippen molar-refractivity contribution in [2.24, 2.45) is 0 Å². The molecular weight excluding hydrogens is 454 g/mol. The van der Waals surface area contributed by atoms with Crippen LogP contribution in [0.4, 0.5) is 5.69 Å². The average Bonchev–Trinajstić information content (AvgIpc) is 3.40. The lowest BCUT2D eigenvalue weighted by Gasteiger charge is -2.25. The number of carbonyl (C=O) groups excluding carboxylic acids is 2. The van der Waals surface area contributed by atoms with Crippen LogP contribution in [0.25, 0.3) is 5.76 Å². The van der Waals surface area contributed by atoms with Crippen LogP contribution in [0.15, 0.2) is 58.7 Å². The SMILES string of the molecule is COc1cc(C)c(/C(O)=C2\C(=O)C(=O)N(c3ccc(Cl)cc3C)C2c2ccco2)cc1C(C)C. The summed E-state index contributed by atoms with van der Waals surface area (Å²) in [4.78, 5) is 28.0. The number of aliphatic hydroxyl groups excluding tert-OH is 1. The van der Waals surface area contributed by atoms with Gasteiger partial charge < -0.3 is 14.3 Å². The predicted octanol–water partition coefficient (Wildman–Crippen LogP) is 6.31. The maximum absolute atomic E-state index is 13.3. The molecule has 3 aromatic rings. The molecule has 1 saturated heterocycles. The molecule has 1 atom stereocenters. The number of amides is 1. The second-order valence-corrected chi connectivity index (χ2v) is 9.12. The number of aryl methyl sites for hydroxylation is 2. The third-order valence-corrected chi connectivity index (χ3v) is 6.36.